The highest BCUT2D eigenvalue weighted by Crippen LogP contribution is 2.12. The van der Waals surface area contributed by atoms with Gasteiger partial charge in [0.1, 0.15) is 0 Å². The molecule has 0 saturated carbocycles. The standard InChI is InChI=1S/C16H31N3O3/c1-2-17-16(19-8-4-15(20)5-9-19)18-7-3-10-21-12-14-6-11-22-13-14/h14-15,20H,2-13H2,1H3,(H,17,18). The van der Waals surface area contributed by atoms with Crippen LogP contribution in [0, 0.1) is 5.92 Å². The van der Waals surface area contributed by atoms with Crippen LogP contribution in [-0.2, 0) is 9.47 Å². The number of aliphatic imine (C=N–C) groups is 1. The zero-order valence-electron chi connectivity index (χ0n) is 13.8. The van der Waals surface area contributed by atoms with Gasteiger partial charge in [-0.3, -0.25) is 4.99 Å². The lowest BCUT2D eigenvalue weighted by molar-refractivity contribution is 0.0892. The van der Waals surface area contributed by atoms with Gasteiger partial charge < -0.3 is 24.8 Å². The van der Waals surface area contributed by atoms with Crippen LogP contribution in [-0.4, -0.2) is 74.7 Å². The number of aliphatic hydroxyl groups is 1. The molecule has 2 aliphatic rings. The Balaban J connectivity index is 1.62. The molecule has 6 heteroatoms. The molecule has 0 aromatic rings. The van der Waals surface area contributed by atoms with Gasteiger partial charge in [-0.05, 0) is 32.6 Å². The molecule has 2 aliphatic heterocycles. The van der Waals surface area contributed by atoms with E-state index < -0.39 is 0 Å². The zero-order chi connectivity index (χ0) is 15.6. The summed E-state index contributed by atoms with van der Waals surface area (Å²) in [5, 5.41) is 12.9. The van der Waals surface area contributed by atoms with Crippen LogP contribution in [0.1, 0.15) is 32.6 Å². The van der Waals surface area contributed by atoms with Crippen molar-refractivity contribution in [1.29, 1.82) is 0 Å². The van der Waals surface area contributed by atoms with Crippen molar-refractivity contribution in [2.24, 2.45) is 10.9 Å². The average molecular weight is 313 g/mol. The molecule has 2 heterocycles. The SMILES string of the molecule is CCNC(=NCCCOCC1CCOC1)N1CCC(O)CC1. The number of hydrogen-bond acceptors (Lipinski definition) is 4. The normalized spacial score (nSPS) is 24.0. The van der Waals surface area contributed by atoms with Crippen molar-refractivity contribution in [3.8, 4) is 0 Å². The fourth-order valence-electron chi connectivity index (χ4n) is 2.82. The molecule has 0 aromatic carbocycles. The van der Waals surface area contributed by atoms with Gasteiger partial charge in [-0.15, -0.1) is 0 Å². The van der Waals surface area contributed by atoms with Crippen molar-refractivity contribution in [1.82, 2.24) is 10.2 Å². The number of hydrogen-bond donors (Lipinski definition) is 2. The van der Waals surface area contributed by atoms with Gasteiger partial charge in [0.15, 0.2) is 5.96 Å². The van der Waals surface area contributed by atoms with Crippen molar-refractivity contribution in [3.05, 3.63) is 0 Å². The molecule has 0 bridgehead atoms. The lowest BCUT2D eigenvalue weighted by atomic mass is 10.1. The van der Waals surface area contributed by atoms with E-state index in [1.54, 1.807) is 0 Å². The van der Waals surface area contributed by atoms with E-state index >= 15 is 0 Å². The summed E-state index contributed by atoms with van der Waals surface area (Å²) in [6.45, 7) is 8.81. The molecule has 0 radical (unpaired) electrons. The van der Waals surface area contributed by atoms with E-state index in [2.05, 4.69) is 22.1 Å². The van der Waals surface area contributed by atoms with Crippen molar-refractivity contribution in [2.45, 2.75) is 38.7 Å². The van der Waals surface area contributed by atoms with Gasteiger partial charge in [0.2, 0.25) is 0 Å². The second-order valence-electron chi connectivity index (χ2n) is 6.11. The van der Waals surface area contributed by atoms with Crippen LogP contribution in [0.3, 0.4) is 0 Å². The summed E-state index contributed by atoms with van der Waals surface area (Å²) in [5.41, 5.74) is 0. The Kier molecular flexibility index (Phi) is 7.98. The molecule has 0 aromatic heterocycles. The maximum absolute atomic E-state index is 9.59. The van der Waals surface area contributed by atoms with Crippen molar-refractivity contribution in [3.63, 3.8) is 0 Å². The van der Waals surface area contributed by atoms with Gasteiger partial charge in [0.05, 0.1) is 19.3 Å². The number of guanidine groups is 1. The van der Waals surface area contributed by atoms with Crippen molar-refractivity contribution in [2.75, 3.05) is 52.6 Å². The summed E-state index contributed by atoms with van der Waals surface area (Å²) < 4.78 is 11.0. The zero-order valence-corrected chi connectivity index (χ0v) is 13.8. The number of ether oxygens (including phenoxy) is 2. The Morgan fingerprint density at radius 2 is 2.18 bits per heavy atom. The van der Waals surface area contributed by atoms with E-state index in [0.717, 1.165) is 84.2 Å². The van der Waals surface area contributed by atoms with Crippen LogP contribution in [0.15, 0.2) is 4.99 Å². The second kappa shape index (κ2) is 10.0. The Hall–Kier alpha value is -0.850. The third kappa shape index (κ3) is 6.10. The highest BCUT2D eigenvalue weighted by Gasteiger charge is 2.19. The maximum atomic E-state index is 9.59. The number of piperidine rings is 1. The monoisotopic (exact) mass is 313 g/mol. The molecule has 1 unspecified atom stereocenters. The Bertz CT molecular complexity index is 325. The first kappa shape index (κ1) is 17.5. The summed E-state index contributed by atoms with van der Waals surface area (Å²) in [5.74, 6) is 1.55. The number of nitrogens with zero attached hydrogens (tertiary/aromatic N) is 2. The van der Waals surface area contributed by atoms with Crippen molar-refractivity contribution < 1.29 is 14.6 Å². The average Bonchev–Trinajstić information content (AvgIpc) is 3.04. The second-order valence-corrected chi connectivity index (χ2v) is 6.11. The van der Waals surface area contributed by atoms with Gasteiger partial charge >= 0.3 is 0 Å². The lowest BCUT2D eigenvalue weighted by Gasteiger charge is -2.32. The van der Waals surface area contributed by atoms with Crippen LogP contribution < -0.4 is 5.32 Å². The Labute approximate surface area is 133 Å². The van der Waals surface area contributed by atoms with Crippen LogP contribution >= 0.6 is 0 Å². The topological polar surface area (TPSA) is 66.3 Å². The highest BCUT2D eigenvalue weighted by atomic mass is 16.5. The Morgan fingerprint density at radius 1 is 1.36 bits per heavy atom. The predicted molar refractivity (Wildman–Crippen MR) is 87.2 cm³/mol. The minimum atomic E-state index is -0.146. The van der Waals surface area contributed by atoms with Gasteiger partial charge in [-0.2, -0.15) is 0 Å². The van der Waals surface area contributed by atoms with E-state index in [0.29, 0.717) is 5.92 Å². The molecule has 128 valence electrons. The third-order valence-corrected chi connectivity index (χ3v) is 4.18. The number of rotatable bonds is 7. The molecule has 22 heavy (non-hydrogen) atoms. The summed E-state index contributed by atoms with van der Waals surface area (Å²) in [4.78, 5) is 6.92. The molecular formula is C16H31N3O3. The molecule has 0 amide bonds. The third-order valence-electron chi connectivity index (χ3n) is 4.18. The quantitative estimate of drug-likeness (QED) is 0.414. The number of aliphatic hydroxyl groups excluding tert-OH is 1. The molecule has 0 spiro atoms. The van der Waals surface area contributed by atoms with Crippen LogP contribution in [0.4, 0.5) is 0 Å². The minimum absolute atomic E-state index is 0.146. The molecule has 2 N–H and O–H groups in total. The molecule has 2 fully saturated rings. The summed E-state index contributed by atoms with van der Waals surface area (Å²) >= 11 is 0. The first-order valence-corrected chi connectivity index (χ1v) is 8.66. The van der Waals surface area contributed by atoms with Crippen molar-refractivity contribution >= 4 is 5.96 Å². The van der Waals surface area contributed by atoms with E-state index in [1.165, 1.54) is 0 Å². The first-order valence-electron chi connectivity index (χ1n) is 8.66. The molecular weight excluding hydrogens is 282 g/mol. The smallest absolute Gasteiger partial charge is 0.193 e. The Morgan fingerprint density at radius 3 is 2.86 bits per heavy atom. The summed E-state index contributed by atoms with van der Waals surface area (Å²) in [6, 6.07) is 0. The first-order chi connectivity index (χ1) is 10.8. The maximum Gasteiger partial charge on any atom is 0.193 e. The molecule has 0 aliphatic carbocycles. The molecule has 1 atom stereocenters. The number of nitrogens with one attached hydrogen (secondary N) is 1. The van der Waals surface area contributed by atoms with Crippen LogP contribution in [0.5, 0.6) is 0 Å². The van der Waals surface area contributed by atoms with Gasteiger partial charge in [0.25, 0.3) is 0 Å². The predicted octanol–water partition coefficient (Wildman–Crippen LogP) is 0.852. The van der Waals surface area contributed by atoms with E-state index in [1.807, 2.05) is 0 Å². The summed E-state index contributed by atoms with van der Waals surface area (Å²) in [6.07, 6.45) is 3.59. The fourth-order valence-corrected chi connectivity index (χ4v) is 2.82. The molecule has 2 saturated heterocycles. The highest BCUT2D eigenvalue weighted by molar-refractivity contribution is 5.80. The van der Waals surface area contributed by atoms with Crippen LogP contribution in [0.2, 0.25) is 0 Å². The largest absolute Gasteiger partial charge is 0.393 e. The minimum Gasteiger partial charge on any atom is -0.393 e. The fraction of sp³-hybridized carbons (Fsp3) is 0.938. The van der Waals surface area contributed by atoms with E-state index in [4.69, 9.17) is 9.47 Å². The number of likely N-dealkylation sites (tertiary alicyclic amines) is 1. The van der Waals surface area contributed by atoms with Crippen LogP contribution in [0.25, 0.3) is 0 Å². The van der Waals surface area contributed by atoms with Gasteiger partial charge in [-0.1, -0.05) is 0 Å². The van der Waals surface area contributed by atoms with Gasteiger partial charge in [-0.25, -0.2) is 0 Å². The lowest BCUT2D eigenvalue weighted by Crippen LogP contribution is -2.46. The summed E-state index contributed by atoms with van der Waals surface area (Å²) in [7, 11) is 0. The molecule has 2 rings (SSSR count). The van der Waals surface area contributed by atoms with E-state index in [9.17, 15) is 5.11 Å². The van der Waals surface area contributed by atoms with E-state index in [-0.39, 0.29) is 6.10 Å². The molecule has 6 nitrogen and oxygen atoms in total. The van der Waals surface area contributed by atoms with Gasteiger partial charge in [0, 0.05) is 45.3 Å².